The van der Waals surface area contributed by atoms with E-state index in [-0.39, 0.29) is 18.2 Å². The van der Waals surface area contributed by atoms with Crippen LogP contribution in [-0.4, -0.2) is 24.7 Å². The average molecular weight is 277 g/mol. The zero-order valence-corrected chi connectivity index (χ0v) is 11.3. The first-order chi connectivity index (χ1) is 9.56. The van der Waals surface area contributed by atoms with Crippen molar-refractivity contribution >= 4 is 35.2 Å². The van der Waals surface area contributed by atoms with Gasteiger partial charge in [-0.1, -0.05) is 6.92 Å². The fraction of sp³-hybridized carbons (Fsp3) is 0.308. The lowest BCUT2D eigenvalue weighted by atomic mass is 10.2. The standard InChI is InChI=1S/C13H19N5O2/c1-2-13(20)18-9-3-4-10(11(7-9)17-8-14)16-6-5-12(15)19/h3-4,7-8,16H,2,5-6H2,1H3,(H2,14,17)(H2,15,19)(H,18,20). The Morgan fingerprint density at radius 1 is 1.40 bits per heavy atom. The number of aliphatic imine (C=N–C) groups is 1. The van der Waals surface area contributed by atoms with E-state index in [0.717, 1.165) is 0 Å². The molecule has 0 bridgehead atoms. The van der Waals surface area contributed by atoms with Gasteiger partial charge in [0, 0.05) is 25.1 Å². The Balaban J connectivity index is 2.84. The Morgan fingerprint density at radius 2 is 2.15 bits per heavy atom. The highest BCUT2D eigenvalue weighted by Crippen LogP contribution is 2.28. The van der Waals surface area contributed by atoms with Gasteiger partial charge in [-0.2, -0.15) is 0 Å². The minimum Gasteiger partial charge on any atom is -0.390 e. The first-order valence-corrected chi connectivity index (χ1v) is 6.27. The number of primary amides is 1. The predicted octanol–water partition coefficient (Wildman–Crippen LogP) is 0.941. The summed E-state index contributed by atoms with van der Waals surface area (Å²) < 4.78 is 0. The molecule has 0 fully saturated rings. The van der Waals surface area contributed by atoms with E-state index in [4.69, 9.17) is 11.5 Å². The third-order valence-electron chi connectivity index (χ3n) is 2.50. The fourth-order valence-electron chi connectivity index (χ4n) is 1.52. The van der Waals surface area contributed by atoms with Crippen LogP contribution in [0.25, 0.3) is 0 Å². The molecular weight excluding hydrogens is 258 g/mol. The van der Waals surface area contributed by atoms with Crippen LogP contribution in [0.2, 0.25) is 0 Å². The van der Waals surface area contributed by atoms with Gasteiger partial charge in [-0.15, -0.1) is 0 Å². The molecule has 1 aromatic carbocycles. The molecule has 0 aliphatic carbocycles. The molecule has 0 aliphatic heterocycles. The van der Waals surface area contributed by atoms with E-state index in [2.05, 4.69) is 15.6 Å². The smallest absolute Gasteiger partial charge is 0.224 e. The molecule has 2 amide bonds. The summed E-state index contributed by atoms with van der Waals surface area (Å²) in [6.45, 7) is 2.18. The Labute approximate surface area is 117 Å². The molecular formula is C13H19N5O2. The van der Waals surface area contributed by atoms with Gasteiger partial charge in [0.05, 0.1) is 17.7 Å². The largest absolute Gasteiger partial charge is 0.390 e. The van der Waals surface area contributed by atoms with Crippen molar-refractivity contribution in [1.82, 2.24) is 0 Å². The third kappa shape index (κ3) is 4.97. The molecule has 7 heteroatoms. The molecule has 108 valence electrons. The summed E-state index contributed by atoms with van der Waals surface area (Å²) in [6.07, 6.45) is 1.79. The summed E-state index contributed by atoms with van der Waals surface area (Å²) >= 11 is 0. The topological polar surface area (TPSA) is 123 Å². The summed E-state index contributed by atoms with van der Waals surface area (Å²) in [6, 6.07) is 5.20. The van der Waals surface area contributed by atoms with Crippen molar-refractivity contribution in [1.29, 1.82) is 0 Å². The highest BCUT2D eigenvalue weighted by molar-refractivity contribution is 5.92. The van der Waals surface area contributed by atoms with Gasteiger partial charge in [0.2, 0.25) is 11.8 Å². The summed E-state index contributed by atoms with van der Waals surface area (Å²) in [4.78, 5) is 26.1. The highest BCUT2D eigenvalue weighted by Gasteiger charge is 2.05. The SMILES string of the molecule is CCC(=O)Nc1ccc(NCCC(N)=O)c(N=CN)c1. The third-order valence-corrected chi connectivity index (χ3v) is 2.50. The minimum atomic E-state index is -0.381. The van der Waals surface area contributed by atoms with Crippen molar-refractivity contribution in [3.05, 3.63) is 18.2 Å². The van der Waals surface area contributed by atoms with Crippen LogP contribution in [0, 0.1) is 0 Å². The lowest BCUT2D eigenvalue weighted by Gasteiger charge is -2.11. The van der Waals surface area contributed by atoms with Gasteiger partial charge in [-0.25, -0.2) is 4.99 Å². The fourth-order valence-corrected chi connectivity index (χ4v) is 1.52. The van der Waals surface area contributed by atoms with Crippen LogP contribution in [-0.2, 0) is 9.59 Å². The zero-order valence-electron chi connectivity index (χ0n) is 11.3. The van der Waals surface area contributed by atoms with Gasteiger partial charge in [0.1, 0.15) is 0 Å². The maximum atomic E-state index is 11.3. The van der Waals surface area contributed by atoms with E-state index in [9.17, 15) is 9.59 Å². The average Bonchev–Trinajstić information content (AvgIpc) is 2.41. The van der Waals surface area contributed by atoms with Crippen LogP contribution >= 0.6 is 0 Å². The van der Waals surface area contributed by atoms with Gasteiger partial charge in [0.25, 0.3) is 0 Å². The van der Waals surface area contributed by atoms with Gasteiger partial charge in [-0.05, 0) is 18.2 Å². The van der Waals surface area contributed by atoms with Gasteiger partial charge in [0.15, 0.2) is 0 Å². The van der Waals surface area contributed by atoms with Crippen LogP contribution in [0.3, 0.4) is 0 Å². The van der Waals surface area contributed by atoms with E-state index in [1.165, 1.54) is 6.34 Å². The molecule has 0 atom stereocenters. The Bertz CT molecular complexity index is 513. The van der Waals surface area contributed by atoms with Crippen molar-refractivity contribution in [2.24, 2.45) is 16.5 Å². The summed E-state index contributed by atoms with van der Waals surface area (Å²) in [5.41, 5.74) is 12.3. The number of hydrogen-bond acceptors (Lipinski definition) is 4. The maximum Gasteiger partial charge on any atom is 0.224 e. The van der Waals surface area contributed by atoms with E-state index in [0.29, 0.717) is 30.0 Å². The van der Waals surface area contributed by atoms with E-state index in [1.807, 2.05) is 0 Å². The number of anilines is 2. The van der Waals surface area contributed by atoms with Gasteiger partial charge in [-0.3, -0.25) is 9.59 Å². The number of carbonyl (C=O) groups excluding carboxylic acids is 2. The quantitative estimate of drug-likeness (QED) is 0.437. The first-order valence-electron chi connectivity index (χ1n) is 6.27. The second-order valence-electron chi connectivity index (χ2n) is 4.05. The van der Waals surface area contributed by atoms with Crippen molar-refractivity contribution < 1.29 is 9.59 Å². The number of rotatable bonds is 7. The zero-order chi connectivity index (χ0) is 15.0. The lowest BCUT2D eigenvalue weighted by molar-refractivity contribution is -0.118. The summed E-state index contributed by atoms with van der Waals surface area (Å²) in [5.74, 6) is -0.463. The van der Waals surface area contributed by atoms with Crippen LogP contribution < -0.4 is 22.1 Å². The molecule has 0 saturated carbocycles. The second kappa shape index (κ2) is 7.78. The van der Waals surface area contributed by atoms with E-state index < -0.39 is 0 Å². The van der Waals surface area contributed by atoms with Crippen molar-refractivity contribution in [3.63, 3.8) is 0 Å². The molecule has 0 aliphatic rings. The van der Waals surface area contributed by atoms with Crippen molar-refractivity contribution in [2.75, 3.05) is 17.2 Å². The lowest BCUT2D eigenvalue weighted by Crippen LogP contribution is -2.16. The number of carbonyl (C=O) groups is 2. The summed E-state index contributed by atoms with van der Waals surface area (Å²) in [5, 5.41) is 5.78. The number of hydrogen-bond donors (Lipinski definition) is 4. The number of amides is 2. The minimum absolute atomic E-state index is 0.0814. The molecule has 0 aromatic heterocycles. The molecule has 6 N–H and O–H groups in total. The molecule has 0 heterocycles. The van der Waals surface area contributed by atoms with E-state index in [1.54, 1.807) is 25.1 Å². The Morgan fingerprint density at radius 3 is 2.75 bits per heavy atom. The Hall–Kier alpha value is -2.57. The van der Waals surface area contributed by atoms with Crippen molar-refractivity contribution in [2.45, 2.75) is 19.8 Å². The monoisotopic (exact) mass is 277 g/mol. The van der Waals surface area contributed by atoms with Crippen LogP contribution in [0.5, 0.6) is 0 Å². The number of nitrogens with zero attached hydrogens (tertiary/aromatic N) is 1. The normalized spacial score (nSPS) is 10.4. The van der Waals surface area contributed by atoms with Crippen LogP contribution in [0.15, 0.2) is 23.2 Å². The van der Waals surface area contributed by atoms with Gasteiger partial charge < -0.3 is 22.1 Å². The summed E-state index contributed by atoms with van der Waals surface area (Å²) in [7, 11) is 0. The van der Waals surface area contributed by atoms with Crippen LogP contribution in [0.4, 0.5) is 17.1 Å². The van der Waals surface area contributed by atoms with Crippen LogP contribution in [0.1, 0.15) is 19.8 Å². The second-order valence-corrected chi connectivity index (χ2v) is 4.05. The molecule has 0 radical (unpaired) electrons. The van der Waals surface area contributed by atoms with Crippen molar-refractivity contribution in [3.8, 4) is 0 Å². The number of benzene rings is 1. The predicted molar refractivity (Wildman–Crippen MR) is 80.0 cm³/mol. The molecule has 1 aromatic rings. The number of nitrogens with two attached hydrogens (primary N) is 2. The molecule has 1 rings (SSSR count). The molecule has 20 heavy (non-hydrogen) atoms. The maximum absolute atomic E-state index is 11.3. The molecule has 7 nitrogen and oxygen atoms in total. The Kier molecular flexibility index (Phi) is 6.02. The van der Waals surface area contributed by atoms with E-state index >= 15 is 0 Å². The van der Waals surface area contributed by atoms with Gasteiger partial charge >= 0.3 is 0 Å². The molecule has 0 saturated heterocycles. The highest BCUT2D eigenvalue weighted by atomic mass is 16.1. The molecule has 0 unspecified atom stereocenters. The number of nitrogens with one attached hydrogen (secondary N) is 2. The first kappa shape index (κ1) is 15.5. The molecule has 0 spiro atoms.